The van der Waals surface area contributed by atoms with Crippen LogP contribution in [0.2, 0.25) is 0 Å². The van der Waals surface area contributed by atoms with Crippen LogP contribution in [0.5, 0.6) is 0 Å². The first-order valence-corrected chi connectivity index (χ1v) is 5.75. The summed E-state index contributed by atoms with van der Waals surface area (Å²) in [6.45, 7) is 2.84. The van der Waals surface area contributed by atoms with Gasteiger partial charge in [0.05, 0.1) is 12.0 Å². The van der Waals surface area contributed by atoms with E-state index in [-0.39, 0.29) is 18.1 Å². The molecule has 1 amide bonds. The summed E-state index contributed by atoms with van der Waals surface area (Å²) in [6, 6.07) is 0. The lowest BCUT2D eigenvalue weighted by Gasteiger charge is -2.20. The first-order valence-electron chi connectivity index (χ1n) is 5.75. The lowest BCUT2D eigenvalue weighted by Crippen LogP contribution is -2.38. The van der Waals surface area contributed by atoms with Gasteiger partial charge in [0.1, 0.15) is 6.10 Å². The maximum atomic E-state index is 12.0. The molecule has 0 saturated carbocycles. The molecule has 0 spiro atoms. The number of amides is 1. The molecule has 2 aliphatic heterocycles. The standard InChI is InChI=1S/C11H17NO4/c1-7-2-3-9(16-7)10(13)12-5-4-8(6-12)11(14)15/h7-9H,2-6H2,1H3,(H,14,15). The fourth-order valence-corrected chi connectivity index (χ4v) is 2.35. The third-order valence-corrected chi connectivity index (χ3v) is 3.36. The third-order valence-electron chi connectivity index (χ3n) is 3.36. The van der Waals surface area contributed by atoms with E-state index in [4.69, 9.17) is 9.84 Å². The molecule has 0 radical (unpaired) electrons. The van der Waals surface area contributed by atoms with Crippen molar-refractivity contribution >= 4 is 11.9 Å². The van der Waals surface area contributed by atoms with Crippen molar-refractivity contribution < 1.29 is 19.4 Å². The van der Waals surface area contributed by atoms with Crippen LogP contribution >= 0.6 is 0 Å². The maximum absolute atomic E-state index is 12.0. The summed E-state index contributed by atoms with van der Waals surface area (Å²) in [5, 5.41) is 8.85. The van der Waals surface area contributed by atoms with Crippen molar-refractivity contribution in [3.8, 4) is 0 Å². The third kappa shape index (κ3) is 2.19. The molecule has 3 atom stereocenters. The van der Waals surface area contributed by atoms with Crippen LogP contribution in [-0.2, 0) is 14.3 Å². The Morgan fingerprint density at radius 1 is 1.31 bits per heavy atom. The number of hydrogen-bond donors (Lipinski definition) is 1. The Morgan fingerprint density at radius 2 is 2.06 bits per heavy atom. The maximum Gasteiger partial charge on any atom is 0.308 e. The Labute approximate surface area is 94.4 Å². The van der Waals surface area contributed by atoms with E-state index < -0.39 is 11.9 Å². The lowest BCUT2D eigenvalue weighted by molar-refractivity contribution is -0.143. The number of carboxylic acid groups (broad SMARTS) is 1. The molecular formula is C11H17NO4. The van der Waals surface area contributed by atoms with Crippen LogP contribution in [0, 0.1) is 5.92 Å². The second-order valence-corrected chi connectivity index (χ2v) is 4.62. The van der Waals surface area contributed by atoms with Gasteiger partial charge in [0.25, 0.3) is 5.91 Å². The molecule has 0 bridgehead atoms. The van der Waals surface area contributed by atoms with Gasteiger partial charge in [-0.15, -0.1) is 0 Å². The van der Waals surface area contributed by atoms with E-state index in [9.17, 15) is 9.59 Å². The summed E-state index contributed by atoms with van der Waals surface area (Å²) < 4.78 is 5.49. The van der Waals surface area contributed by atoms with Crippen molar-refractivity contribution in [3.05, 3.63) is 0 Å². The first kappa shape index (κ1) is 11.4. The second kappa shape index (κ2) is 4.41. The van der Waals surface area contributed by atoms with E-state index in [2.05, 4.69) is 0 Å². The molecule has 0 aliphatic carbocycles. The van der Waals surface area contributed by atoms with E-state index >= 15 is 0 Å². The predicted molar refractivity (Wildman–Crippen MR) is 55.9 cm³/mol. The molecule has 2 saturated heterocycles. The molecule has 16 heavy (non-hydrogen) atoms. The highest BCUT2D eigenvalue weighted by atomic mass is 16.5. The largest absolute Gasteiger partial charge is 0.481 e. The molecule has 2 fully saturated rings. The number of rotatable bonds is 2. The van der Waals surface area contributed by atoms with Crippen LogP contribution in [0.15, 0.2) is 0 Å². The van der Waals surface area contributed by atoms with Crippen LogP contribution in [0.3, 0.4) is 0 Å². The summed E-state index contributed by atoms with van der Waals surface area (Å²) in [7, 11) is 0. The van der Waals surface area contributed by atoms with Crippen LogP contribution in [0.4, 0.5) is 0 Å². The molecule has 5 heteroatoms. The molecule has 2 heterocycles. The topological polar surface area (TPSA) is 66.8 Å². The Kier molecular flexibility index (Phi) is 3.14. The van der Waals surface area contributed by atoms with Crippen molar-refractivity contribution in [3.63, 3.8) is 0 Å². The average molecular weight is 227 g/mol. The molecule has 2 aliphatic rings. The minimum atomic E-state index is -0.809. The fraction of sp³-hybridized carbons (Fsp3) is 0.818. The molecule has 90 valence electrons. The Bertz CT molecular complexity index is 304. The molecule has 2 rings (SSSR count). The summed E-state index contributed by atoms with van der Waals surface area (Å²) in [6.07, 6.45) is 2.03. The predicted octanol–water partition coefficient (Wildman–Crippen LogP) is 0.487. The van der Waals surface area contributed by atoms with Crippen molar-refractivity contribution in [1.82, 2.24) is 4.90 Å². The van der Waals surface area contributed by atoms with E-state index in [0.717, 1.165) is 12.8 Å². The quantitative estimate of drug-likeness (QED) is 0.745. The van der Waals surface area contributed by atoms with Gasteiger partial charge in [-0.2, -0.15) is 0 Å². The fourth-order valence-electron chi connectivity index (χ4n) is 2.35. The summed E-state index contributed by atoms with van der Waals surface area (Å²) in [5.74, 6) is -1.24. The van der Waals surface area contributed by atoms with Gasteiger partial charge in [0.15, 0.2) is 0 Å². The number of carboxylic acids is 1. The minimum absolute atomic E-state index is 0.0342. The van der Waals surface area contributed by atoms with Gasteiger partial charge < -0.3 is 14.7 Å². The Hall–Kier alpha value is -1.10. The van der Waals surface area contributed by atoms with Crippen molar-refractivity contribution in [2.24, 2.45) is 5.92 Å². The second-order valence-electron chi connectivity index (χ2n) is 4.62. The summed E-state index contributed by atoms with van der Waals surface area (Å²) in [5.41, 5.74) is 0. The number of hydrogen-bond acceptors (Lipinski definition) is 3. The monoisotopic (exact) mass is 227 g/mol. The first-order chi connectivity index (χ1) is 7.58. The summed E-state index contributed by atoms with van der Waals surface area (Å²) in [4.78, 5) is 24.4. The molecule has 0 aromatic carbocycles. The average Bonchev–Trinajstić information content (AvgIpc) is 2.84. The van der Waals surface area contributed by atoms with E-state index in [0.29, 0.717) is 19.5 Å². The molecule has 5 nitrogen and oxygen atoms in total. The number of likely N-dealkylation sites (tertiary alicyclic amines) is 1. The van der Waals surface area contributed by atoms with E-state index in [1.165, 1.54) is 0 Å². The highest BCUT2D eigenvalue weighted by molar-refractivity contribution is 5.82. The molecule has 0 aromatic rings. The number of aliphatic carboxylic acids is 1. The van der Waals surface area contributed by atoms with Crippen LogP contribution in [0.1, 0.15) is 26.2 Å². The Balaban J connectivity index is 1.89. The van der Waals surface area contributed by atoms with Crippen molar-refractivity contribution in [2.45, 2.75) is 38.4 Å². The van der Waals surface area contributed by atoms with Crippen molar-refractivity contribution in [2.75, 3.05) is 13.1 Å². The van der Waals surface area contributed by atoms with Gasteiger partial charge in [-0.3, -0.25) is 9.59 Å². The van der Waals surface area contributed by atoms with Gasteiger partial charge in [-0.1, -0.05) is 0 Å². The van der Waals surface area contributed by atoms with Gasteiger partial charge in [-0.05, 0) is 26.2 Å². The highest BCUT2D eigenvalue weighted by Gasteiger charge is 2.36. The van der Waals surface area contributed by atoms with E-state index in [1.54, 1.807) is 4.90 Å². The lowest BCUT2D eigenvalue weighted by atomic mass is 10.1. The van der Waals surface area contributed by atoms with Crippen molar-refractivity contribution in [1.29, 1.82) is 0 Å². The highest BCUT2D eigenvalue weighted by Crippen LogP contribution is 2.24. The van der Waals surface area contributed by atoms with Crippen LogP contribution < -0.4 is 0 Å². The zero-order valence-corrected chi connectivity index (χ0v) is 9.39. The Morgan fingerprint density at radius 3 is 2.56 bits per heavy atom. The van der Waals surface area contributed by atoms with Crippen LogP contribution in [-0.4, -0.2) is 47.2 Å². The van der Waals surface area contributed by atoms with E-state index in [1.807, 2.05) is 6.92 Å². The smallest absolute Gasteiger partial charge is 0.308 e. The molecular weight excluding hydrogens is 210 g/mol. The zero-order chi connectivity index (χ0) is 11.7. The minimum Gasteiger partial charge on any atom is -0.481 e. The van der Waals surface area contributed by atoms with Gasteiger partial charge in [-0.25, -0.2) is 0 Å². The van der Waals surface area contributed by atoms with Crippen LogP contribution in [0.25, 0.3) is 0 Å². The van der Waals surface area contributed by atoms with Gasteiger partial charge in [0.2, 0.25) is 0 Å². The number of carbonyl (C=O) groups is 2. The number of carbonyl (C=O) groups excluding carboxylic acids is 1. The normalized spacial score (nSPS) is 34.3. The molecule has 3 unspecified atom stereocenters. The molecule has 1 N–H and O–H groups in total. The summed E-state index contributed by atoms with van der Waals surface area (Å²) >= 11 is 0. The van der Waals surface area contributed by atoms with Gasteiger partial charge >= 0.3 is 5.97 Å². The zero-order valence-electron chi connectivity index (χ0n) is 9.39. The number of nitrogens with zero attached hydrogens (tertiary/aromatic N) is 1. The SMILES string of the molecule is CC1CCC(C(=O)N2CCC(C(=O)O)C2)O1. The number of ether oxygens (including phenoxy) is 1. The van der Waals surface area contributed by atoms with Gasteiger partial charge in [0, 0.05) is 13.1 Å². The molecule has 0 aromatic heterocycles.